The largest absolute Gasteiger partial charge is 0.460 e. The zero-order valence-electron chi connectivity index (χ0n) is 8.76. The standard InChI is InChI=1S/C7H8ClNO3.C2H6/c1-3-11-7(10)5-6(8)9-4(2)12-5;1-2/h3H2,1-2H3;1-2H3. The number of hydrogen-bond donors (Lipinski definition) is 0. The third kappa shape index (κ3) is 3.38. The smallest absolute Gasteiger partial charge is 0.377 e. The Morgan fingerprint density at radius 2 is 2.14 bits per heavy atom. The van der Waals surface area contributed by atoms with E-state index in [9.17, 15) is 4.79 Å². The summed E-state index contributed by atoms with van der Waals surface area (Å²) in [5, 5.41) is 0.0472. The minimum Gasteiger partial charge on any atom is -0.460 e. The van der Waals surface area contributed by atoms with Gasteiger partial charge in [0.1, 0.15) is 0 Å². The normalized spacial score (nSPS) is 8.93. The van der Waals surface area contributed by atoms with Gasteiger partial charge in [0.2, 0.25) is 0 Å². The Morgan fingerprint density at radius 1 is 1.57 bits per heavy atom. The zero-order chi connectivity index (χ0) is 11.1. The molecule has 1 aromatic rings. The van der Waals surface area contributed by atoms with Crippen LogP contribution in [-0.2, 0) is 4.74 Å². The van der Waals surface area contributed by atoms with Gasteiger partial charge < -0.3 is 9.15 Å². The Balaban J connectivity index is 0.000000791. The number of rotatable bonds is 2. The molecule has 0 radical (unpaired) electrons. The molecule has 0 aliphatic carbocycles. The molecular weight excluding hydrogens is 206 g/mol. The average molecular weight is 220 g/mol. The highest BCUT2D eigenvalue weighted by Crippen LogP contribution is 2.16. The fourth-order valence-corrected chi connectivity index (χ4v) is 0.959. The third-order valence-electron chi connectivity index (χ3n) is 1.15. The number of oxazole rings is 1. The quantitative estimate of drug-likeness (QED) is 0.718. The van der Waals surface area contributed by atoms with Crippen molar-refractivity contribution < 1.29 is 13.9 Å². The molecule has 0 N–H and O–H groups in total. The third-order valence-corrected chi connectivity index (χ3v) is 1.41. The Bertz CT molecular complexity index is 296. The Morgan fingerprint density at radius 3 is 2.50 bits per heavy atom. The highest BCUT2D eigenvalue weighted by atomic mass is 35.5. The lowest BCUT2D eigenvalue weighted by Gasteiger charge is -1.95. The molecule has 4 nitrogen and oxygen atoms in total. The maximum Gasteiger partial charge on any atom is 0.377 e. The summed E-state index contributed by atoms with van der Waals surface area (Å²) in [6.07, 6.45) is 0. The maximum absolute atomic E-state index is 11.0. The fraction of sp³-hybridized carbons (Fsp3) is 0.556. The van der Waals surface area contributed by atoms with Gasteiger partial charge in [-0.1, -0.05) is 25.4 Å². The number of hydrogen-bond acceptors (Lipinski definition) is 4. The number of carbonyl (C=O) groups is 1. The first kappa shape index (κ1) is 13.0. The molecule has 80 valence electrons. The van der Waals surface area contributed by atoms with Gasteiger partial charge in [0.15, 0.2) is 11.0 Å². The number of carbonyl (C=O) groups excluding carboxylic acids is 1. The predicted octanol–water partition coefficient (Wildman–Crippen LogP) is 2.84. The molecule has 0 aliphatic rings. The second-order valence-corrected chi connectivity index (χ2v) is 2.43. The van der Waals surface area contributed by atoms with E-state index in [1.54, 1.807) is 13.8 Å². The van der Waals surface area contributed by atoms with Crippen molar-refractivity contribution in [1.82, 2.24) is 4.98 Å². The van der Waals surface area contributed by atoms with Crippen LogP contribution in [0.2, 0.25) is 5.15 Å². The van der Waals surface area contributed by atoms with E-state index in [0.29, 0.717) is 5.89 Å². The number of ether oxygens (including phenoxy) is 1. The van der Waals surface area contributed by atoms with Gasteiger partial charge in [-0.2, -0.15) is 0 Å². The molecule has 0 spiro atoms. The van der Waals surface area contributed by atoms with Gasteiger partial charge in [-0.25, -0.2) is 9.78 Å². The van der Waals surface area contributed by atoms with Crippen LogP contribution in [0.25, 0.3) is 0 Å². The van der Waals surface area contributed by atoms with Gasteiger partial charge in [0.05, 0.1) is 6.61 Å². The van der Waals surface area contributed by atoms with E-state index in [1.165, 1.54) is 0 Å². The minimum atomic E-state index is -0.580. The summed E-state index contributed by atoms with van der Waals surface area (Å²) >= 11 is 5.57. The summed E-state index contributed by atoms with van der Waals surface area (Å²) in [7, 11) is 0. The summed E-state index contributed by atoms with van der Waals surface area (Å²) in [5.41, 5.74) is 0. The van der Waals surface area contributed by atoms with E-state index in [4.69, 9.17) is 16.0 Å². The lowest BCUT2D eigenvalue weighted by molar-refractivity contribution is 0.0489. The van der Waals surface area contributed by atoms with Crippen molar-refractivity contribution in [3.8, 4) is 0 Å². The molecule has 5 heteroatoms. The first-order chi connectivity index (χ1) is 6.65. The van der Waals surface area contributed by atoms with Crippen molar-refractivity contribution in [2.24, 2.45) is 0 Å². The molecule has 0 aromatic carbocycles. The van der Waals surface area contributed by atoms with Crippen LogP contribution in [0, 0.1) is 6.92 Å². The second-order valence-electron chi connectivity index (χ2n) is 2.07. The van der Waals surface area contributed by atoms with Crippen LogP contribution in [0.4, 0.5) is 0 Å². The molecule has 1 aromatic heterocycles. The van der Waals surface area contributed by atoms with Crippen LogP contribution in [-0.4, -0.2) is 17.6 Å². The van der Waals surface area contributed by atoms with Gasteiger partial charge in [0, 0.05) is 6.92 Å². The van der Waals surface area contributed by atoms with Crippen LogP contribution >= 0.6 is 11.6 Å². The van der Waals surface area contributed by atoms with E-state index in [0.717, 1.165) is 0 Å². The van der Waals surface area contributed by atoms with Crippen LogP contribution in [0.15, 0.2) is 4.42 Å². The minimum absolute atomic E-state index is 0.0315. The summed E-state index contributed by atoms with van der Waals surface area (Å²) in [6.45, 7) is 7.60. The molecule has 0 bridgehead atoms. The van der Waals surface area contributed by atoms with Crippen molar-refractivity contribution in [2.75, 3.05) is 6.61 Å². The molecule has 0 fully saturated rings. The van der Waals surface area contributed by atoms with Crippen LogP contribution in [0.3, 0.4) is 0 Å². The van der Waals surface area contributed by atoms with E-state index in [1.807, 2.05) is 13.8 Å². The molecule has 0 saturated carbocycles. The van der Waals surface area contributed by atoms with E-state index < -0.39 is 5.97 Å². The van der Waals surface area contributed by atoms with Crippen molar-refractivity contribution in [2.45, 2.75) is 27.7 Å². The summed E-state index contributed by atoms with van der Waals surface area (Å²) < 4.78 is 9.58. The van der Waals surface area contributed by atoms with Crippen molar-refractivity contribution in [3.05, 3.63) is 16.8 Å². The van der Waals surface area contributed by atoms with Crippen LogP contribution < -0.4 is 0 Å². The summed E-state index contributed by atoms with van der Waals surface area (Å²) in [5.74, 6) is -0.262. The SMILES string of the molecule is CC.CCOC(=O)c1oc(C)nc1Cl. The number of esters is 1. The van der Waals surface area contributed by atoms with E-state index in [2.05, 4.69) is 9.72 Å². The van der Waals surface area contributed by atoms with Crippen LogP contribution in [0.1, 0.15) is 37.2 Å². The van der Waals surface area contributed by atoms with Gasteiger partial charge >= 0.3 is 5.97 Å². The Labute approximate surface area is 88.2 Å². The molecule has 1 heterocycles. The highest BCUT2D eigenvalue weighted by Gasteiger charge is 2.17. The molecule has 0 aliphatic heterocycles. The Kier molecular flexibility index (Phi) is 5.95. The van der Waals surface area contributed by atoms with E-state index >= 15 is 0 Å². The number of aromatic nitrogens is 1. The molecule has 0 unspecified atom stereocenters. The molecule has 14 heavy (non-hydrogen) atoms. The predicted molar refractivity (Wildman–Crippen MR) is 53.6 cm³/mol. The van der Waals surface area contributed by atoms with Gasteiger partial charge in [-0.3, -0.25) is 0 Å². The lowest BCUT2D eigenvalue weighted by atomic mass is 10.5. The van der Waals surface area contributed by atoms with Gasteiger partial charge in [-0.05, 0) is 6.92 Å². The van der Waals surface area contributed by atoms with Crippen molar-refractivity contribution >= 4 is 17.6 Å². The van der Waals surface area contributed by atoms with E-state index in [-0.39, 0.29) is 17.5 Å². The number of aryl methyl sites for hydroxylation is 1. The second kappa shape index (κ2) is 6.43. The van der Waals surface area contributed by atoms with Crippen molar-refractivity contribution in [3.63, 3.8) is 0 Å². The molecule has 1 rings (SSSR count). The lowest BCUT2D eigenvalue weighted by Crippen LogP contribution is -2.03. The van der Waals surface area contributed by atoms with Gasteiger partial charge in [-0.15, -0.1) is 0 Å². The Hall–Kier alpha value is -1.03. The highest BCUT2D eigenvalue weighted by molar-refractivity contribution is 6.31. The fourth-order valence-electron chi connectivity index (χ4n) is 0.724. The number of halogens is 1. The molecular formula is C9H14ClNO3. The number of nitrogens with zero attached hydrogens (tertiary/aromatic N) is 1. The van der Waals surface area contributed by atoms with Gasteiger partial charge in [0.25, 0.3) is 5.76 Å². The summed E-state index contributed by atoms with van der Waals surface area (Å²) in [4.78, 5) is 14.8. The first-order valence-electron chi connectivity index (χ1n) is 4.45. The topological polar surface area (TPSA) is 52.3 Å². The first-order valence-corrected chi connectivity index (χ1v) is 4.83. The van der Waals surface area contributed by atoms with Crippen LogP contribution in [0.5, 0.6) is 0 Å². The zero-order valence-corrected chi connectivity index (χ0v) is 9.51. The molecule has 0 saturated heterocycles. The molecule has 0 amide bonds. The maximum atomic E-state index is 11.0. The molecule has 0 atom stereocenters. The summed E-state index contributed by atoms with van der Waals surface area (Å²) in [6, 6.07) is 0. The average Bonchev–Trinajstić information content (AvgIpc) is 2.49. The van der Waals surface area contributed by atoms with Crippen molar-refractivity contribution in [1.29, 1.82) is 0 Å². The monoisotopic (exact) mass is 219 g/mol.